The SMILES string of the molecule is CC(C)(C)c1ccc2nc(CNS(=O)(=O)c3ccccc3)nc(N3CCCC3)c2c1. The third-order valence-electron chi connectivity index (χ3n) is 5.47. The zero-order chi connectivity index (χ0) is 21.4. The van der Waals surface area contributed by atoms with E-state index in [0.29, 0.717) is 5.82 Å². The maximum Gasteiger partial charge on any atom is 0.240 e. The summed E-state index contributed by atoms with van der Waals surface area (Å²) in [4.78, 5) is 12.0. The van der Waals surface area contributed by atoms with E-state index < -0.39 is 10.0 Å². The highest BCUT2D eigenvalue weighted by Crippen LogP contribution is 2.31. The Labute approximate surface area is 178 Å². The minimum Gasteiger partial charge on any atom is -0.356 e. The summed E-state index contributed by atoms with van der Waals surface area (Å²) in [7, 11) is -3.61. The van der Waals surface area contributed by atoms with Crippen LogP contribution in [0.1, 0.15) is 45.0 Å². The number of rotatable bonds is 5. The van der Waals surface area contributed by atoms with Crippen LogP contribution in [-0.2, 0) is 22.0 Å². The summed E-state index contributed by atoms with van der Waals surface area (Å²) in [6.45, 7) is 8.54. The lowest BCUT2D eigenvalue weighted by Gasteiger charge is -2.23. The van der Waals surface area contributed by atoms with Crippen LogP contribution in [0.4, 0.5) is 5.82 Å². The monoisotopic (exact) mass is 424 g/mol. The van der Waals surface area contributed by atoms with Crippen LogP contribution in [0.25, 0.3) is 10.9 Å². The predicted molar refractivity (Wildman–Crippen MR) is 120 cm³/mol. The first-order chi connectivity index (χ1) is 14.2. The van der Waals surface area contributed by atoms with Gasteiger partial charge in [-0.05, 0) is 48.1 Å². The van der Waals surface area contributed by atoms with Gasteiger partial charge < -0.3 is 4.90 Å². The van der Waals surface area contributed by atoms with Crippen LogP contribution in [0.5, 0.6) is 0 Å². The van der Waals surface area contributed by atoms with Crippen LogP contribution >= 0.6 is 0 Å². The maximum atomic E-state index is 12.6. The van der Waals surface area contributed by atoms with Gasteiger partial charge in [0, 0.05) is 18.5 Å². The molecule has 30 heavy (non-hydrogen) atoms. The van der Waals surface area contributed by atoms with Crippen LogP contribution < -0.4 is 9.62 Å². The summed E-state index contributed by atoms with van der Waals surface area (Å²) in [5.41, 5.74) is 2.10. The minimum absolute atomic E-state index is 0.0282. The number of hydrogen-bond donors (Lipinski definition) is 1. The molecule has 0 amide bonds. The van der Waals surface area contributed by atoms with Crippen molar-refractivity contribution in [2.75, 3.05) is 18.0 Å². The van der Waals surface area contributed by atoms with Crippen LogP contribution in [0.3, 0.4) is 0 Å². The Morgan fingerprint density at radius 2 is 1.70 bits per heavy atom. The van der Waals surface area contributed by atoms with Gasteiger partial charge in [-0.15, -0.1) is 0 Å². The van der Waals surface area contributed by atoms with Gasteiger partial charge in [0.25, 0.3) is 0 Å². The van der Waals surface area contributed by atoms with Crippen molar-refractivity contribution in [3.05, 3.63) is 59.9 Å². The highest BCUT2D eigenvalue weighted by molar-refractivity contribution is 7.89. The Morgan fingerprint density at radius 1 is 1.00 bits per heavy atom. The van der Waals surface area contributed by atoms with Crippen molar-refractivity contribution in [3.8, 4) is 0 Å². The van der Waals surface area contributed by atoms with Crippen molar-refractivity contribution in [2.45, 2.75) is 50.5 Å². The molecule has 3 aromatic rings. The fourth-order valence-corrected chi connectivity index (χ4v) is 4.72. The van der Waals surface area contributed by atoms with E-state index in [2.05, 4.69) is 47.5 Å². The Bertz CT molecular complexity index is 1150. The van der Waals surface area contributed by atoms with Gasteiger partial charge in [-0.2, -0.15) is 0 Å². The summed E-state index contributed by atoms with van der Waals surface area (Å²) in [5, 5.41) is 1.03. The molecule has 6 nitrogen and oxygen atoms in total. The van der Waals surface area contributed by atoms with E-state index in [-0.39, 0.29) is 16.9 Å². The second-order valence-corrected chi connectivity index (χ2v) is 10.5. The second-order valence-electron chi connectivity index (χ2n) is 8.78. The van der Waals surface area contributed by atoms with Gasteiger partial charge in [-0.25, -0.2) is 23.1 Å². The van der Waals surface area contributed by atoms with Gasteiger partial charge in [0.2, 0.25) is 10.0 Å². The van der Waals surface area contributed by atoms with Gasteiger partial charge in [0.15, 0.2) is 0 Å². The van der Waals surface area contributed by atoms with Crippen molar-refractivity contribution in [2.24, 2.45) is 0 Å². The van der Waals surface area contributed by atoms with E-state index in [0.717, 1.165) is 42.7 Å². The van der Waals surface area contributed by atoms with Crippen molar-refractivity contribution in [1.82, 2.24) is 14.7 Å². The Hall–Kier alpha value is -2.51. The molecular formula is C23H28N4O2S. The van der Waals surface area contributed by atoms with E-state index in [1.807, 2.05) is 6.07 Å². The minimum atomic E-state index is -3.61. The molecule has 1 aliphatic heterocycles. The van der Waals surface area contributed by atoms with Crippen molar-refractivity contribution in [1.29, 1.82) is 0 Å². The van der Waals surface area contributed by atoms with Crippen LogP contribution in [-0.4, -0.2) is 31.5 Å². The molecule has 1 saturated heterocycles. The number of hydrogen-bond acceptors (Lipinski definition) is 5. The van der Waals surface area contributed by atoms with Gasteiger partial charge >= 0.3 is 0 Å². The molecule has 7 heteroatoms. The van der Waals surface area contributed by atoms with Crippen LogP contribution in [0.2, 0.25) is 0 Å². The third-order valence-corrected chi connectivity index (χ3v) is 6.88. The maximum absolute atomic E-state index is 12.6. The van der Waals surface area contributed by atoms with Crippen molar-refractivity contribution < 1.29 is 8.42 Å². The first kappa shape index (κ1) is 20.8. The lowest BCUT2D eigenvalue weighted by atomic mass is 9.86. The quantitative estimate of drug-likeness (QED) is 0.670. The molecule has 1 N–H and O–H groups in total. The topological polar surface area (TPSA) is 75.2 Å². The fourth-order valence-electron chi connectivity index (χ4n) is 3.72. The normalized spacial score (nSPS) is 15.1. The van der Waals surface area contributed by atoms with Crippen LogP contribution in [0.15, 0.2) is 53.4 Å². The van der Waals surface area contributed by atoms with Crippen molar-refractivity contribution >= 4 is 26.7 Å². The molecule has 0 bridgehead atoms. The Kier molecular flexibility index (Phi) is 5.51. The van der Waals surface area contributed by atoms with E-state index in [1.165, 1.54) is 5.56 Å². The Morgan fingerprint density at radius 3 is 2.37 bits per heavy atom. The van der Waals surface area contributed by atoms with Gasteiger partial charge in [0.05, 0.1) is 17.0 Å². The summed E-state index contributed by atoms with van der Waals surface area (Å²) in [6.07, 6.45) is 2.28. The number of aromatic nitrogens is 2. The predicted octanol–water partition coefficient (Wildman–Crippen LogP) is 4.01. The molecule has 0 spiro atoms. The highest BCUT2D eigenvalue weighted by atomic mass is 32.2. The highest BCUT2D eigenvalue weighted by Gasteiger charge is 2.22. The number of anilines is 1. The average Bonchev–Trinajstić information content (AvgIpc) is 3.26. The molecule has 2 heterocycles. The molecule has 0 atom stereocenters. The molecule has 0 radical (unpaired) electrons. The molecule has 0 aliphatic carbocycles. The van der Waals surface area contributed by atoms with Crippen molar-refractivity contribution in [3.63, 3.8) is 0 Å². The summed E-state index contributed by atoms with van der Waals surface area (Å²) >= 11 is 0. The molecular weight excluding hydrogens is 396 g/mol. The summed E-state index contributed by atoms with van der Waals surface area (Å²) in [5.74, 6) is 1.38. The first-order valence-corrected chi connectivity index (χ1v) is 11.8. The zero-order valence-electron chi connectivity index (χ0n) is 17.7. The number of nitrogens with zero attached hydrogens (tertiary/aromatic N) is 3. The lowest BCUT2D eigenvalue weighted by Crippen LogP contribution is -2.26. The summed E-state index contributed by atoms with van der Waals surface area (Å²) in [6, 6.07) is 14.7. The third kappa shape index (κ3) is 4.32. The van der Waals surface area contributed by atoms with E-state index in [4.69, 9.17) is 4.98 Å². The largest absolute Gasteiger partial charge is 0.356 e. The molecule has 0 saturated carbocycles. The molecule has 1 aliphatic rings. The number of nitrogens with one attached hydrogen (secondary N) is 1. The number of fused-ring (bicyclic) bond motifs is 1. The molecule has 1 fully saturated rings. The van der Waals surface area contributed by atoms with Gasteiger partial charge in [-0.1, -0.05) is 45.0 Å². The Balaban J connectivity index is 1.70. The number of benzene rings is 2. The molecule has 0 unspecified atom stereocenters. The molecule has 4 rings (SSSR count). The van der Waals surface area contributed by atoms with Gasteiger partial charge in [0.1, 0.15) is 11.6 Å². The first-order valence-electron chi connectivity index (χ1n) is 10.3. The lowest BCUT2D eigenvalue weighted by molar-refractivity contribution is 0.579. The summed E-state index contributed by atoms with van der Waals surface area (Å²) < 4.78 is 27.8. The van der Waals surface area contributed by atoms with E-state index in [9.17, 15) is 8.42 Å². The standard InChI is InChI=1S/C23H28N4O2S/c1-23(2,3)17-11-12-20-19(15-17)22(27-13-7-8-14-27)26-21(25-20)16-24-30(28,29)18-9-5-4-6-10-18/h4-6,9-12,15,24H,7-8,13-14,16H2,1-3H3. The fraction of sp³-hybridized carbons (Fsp3) is 0.391. The van der Waals surface area contributed by atoms with E-state index in [1.54, 1.807) is 30.3 Å². The smallest absolute Gasteiger partial charge is 0.240 e. The number of sulfonamides is 1. The molecule has 2 aromatic carbocycles. The van der Waals surface area contributed by atoms with Crippen LogP contribution in [0, 0.1) is 0 Å². The molecule has 1 aromatic heterocycles. The second kappa shape index (κ2) is 7.96. The molecule has 158 valence electrons. The van der Waals surface area contributed by atoms with E-state index >= 15 is 0 Å². The van der Waals surface area contributed by atoms with Gasteiger partial charge in [-0.3, -0.25) is 0 Å². The average molecular weight is 425 g/mol. The zero-order valence-corrected chi connectivity index (χ0v) is 18.5.